The van der Waals surface area contributed by atoms with Crippen LogP contribution in [0.2, 0.25) is 0 Å². The second-order valence-corrected chi connectivity index (χ2v) is 6.63. The van der Waals surface area contributed by atoms with E-state index in [1.165, 1.54) is 0 Å². The number of aliphatic hydroxyl groups is 5. The van der Waals surface area contributed by atoms with E-state index in [9.17, 15) is 30.0 Å². The maximum Gasteiger partial charge on any atom is 0.333 e. The Labute approximate surface area is 140 Å². The van der Waals surface area contributed by atoms with Crippen LogP contribution in [0, 0.1) is 5.92 Å². The average Bonchev–Trinajstić information content (AvgIpc) is 2.56. The monoisotopic (exact) mass is 346 g/mol. The first-order chi connectivity index (χ1) is 11.1. The molecule has 8 nitrogen and oxygen atoms in total. The Kier molecular flexibility index (Phi) is 7.50. The fourth-order valence-electron chi connectivity index (χ4n) is 2.52. The Balaban J connectivity index is 2.49. The molecule has 0 aromatic carbocycles. The first-order valence-electron chi connectivity index (χ1n) is 7.84. The van der Waals surface area contributed by atoms with Crippen molar-refractivity contribution < 1.29 is 39.9 Å². The zero-order chi connectivity index (χ0) is 18.5. The van der Waals surface area contributed by atoms with Gasteiger partial charge in [0.05, 0.1) is 5.60 Å². The third-order valence-electron chi connectivity index (χ3n) is 4.29. The summed E-state index contributed by atoms with van der Waals surface area (Å²) in [5.74, 6) is -0.609. The molecule has 5 N–H and O–H groups in total. The van der Waals surface area contributed by atoms with Crippen molar-refractivity contribution in [2.75, 3.05) is 6.61 Å². The minimum Gasteiger partial charge on any atom is -0.459 e. The second kappa shape index (κ2) is 8.68. The fourth-order valence-corrected chi connectivity index (χ4v) is 2.52. The molecular formula is C16H26O8. The topological polar surface area (TPSA) is 145 Å². The number of aliphatic hydroxyl groups excluding tert-OH is 4. The molecule has 0 spiro atoms. The average molecular weight is 346 g/mol. The van der Waals surface area contributed by atoms with Crippen molar-refractivity contribution in [1.82, 2.24) is 0 Å². The van der Waals surface area contributed by atoms with Crippen LogP contribution in [0.1, 0.15) is 33.1 Å². The number of carbonyl (C=O) groups is 2. The van der Waals surface area contributed by atoms with E-state index < -0.39 is 42.6 Å². The normalized spacial score (nSPS) is 23.6. The van der Waals surface area contributed by atoms with E-state index in [1.807, 2.05) is 0 Å². The van der Waals surface area contributed by atoms with Crippen molar-refractivity contribution in [2.24, 2.45) is 5.92 Å². The van der Waals surface area contributed by atoms with E-state index in [4.69, 9.17) is 9.84 Å². The molecule has 0 radical (unpaired) electrons. The number of hydrogen-bond acceptors (Lipinski definition) is 8. The molecular weight excluding hydrogens is 320 g/mol. The number of esters is 1. The van der Waals surface area contributed by atoms with Crippen molar-refractivity contribution in [1.29, 1.82) is 0 Å². The molecule has 0 heterocycles. The Morgan fingerprint density at radius 1 is 1.33 bits per heavy atom. The van der Waals surface area contributed by atoms with Crippen LogP contribution in [0.4, 0.5) is 0 Å². The van der Waals surface area contributed by atoms with E-state index in [0.717, 1.165) is 0 Å². The van der Waals surface area contributed by atoms with Gasteiger partial charge in [0.25, 0.3) is 0 Å². The van der Waals surface area contributed by atoms with Gasteiger partial charge in [-0.2, -0.15) is 0 Å². The van der Waals surface area contributed by atoms with Gasteiger partial charge in [0.1, 0.15) is 31.0 Å². The van der Waals surface area contributed by atoms with E-state index in [-0.39, 0.29) is 12.2 Å². The van der Waals surface area contributed by atoms with E-state index in [0.29, 0.717) is 24.8 Å². The lowest BCUT2D eigenvalue weighted by molar-refractivity contribution is -0.153. The molecule has 0 saturated carbocycles. The quantitative estimate of drug-likeness (QED) is 0.268. The third-order valence-corrected chi connectivity index (χ3v) is 4.29. The molecule has 1 rings (SSSR count). The highest BCUT2D eigenvalue weighted by Crippen LogP contribution is 2.32. The summed E-state index contributed by atoms with van der Waals surface area (Å²) in [6, 6.07) is 0. The lowest BCUT2D eigenvalue weighted by atomic mass is 9.79. The molecule has 0 aromatic rings. The number of ether oxygens (including phenoxy) is 1. The van der Waals surface area contributed by atoms with E-state index in [1.54, 1.807) is 19.9 Å². The Bertz CT molecular complexity index is 467. The largest absolute Gasteiger partial charge is 0.459 e. The molecule has 5 atom stereocenters. The maximum atomic E-state index is 11.9. The van der Waals surface area contributed by atoms with Crippen LogP contribution in [-0.2, 0) is 14.3 Å². The third kappa shape index (κ3) is 5.64. The van der Waals surface area contributed by atoms with Gasteiger partial charge in [-0.05, 0) is 39.0 Å². The summed E-state index contributed by atoms with van der Waals surface area (Å²) in [4.78, 5) is 22.3. The summed E-state index contributed by atoms with van der Waals surface area (Å²) in [5, 5.41) is 47.7. The molecule has 0 aromatic heterocycles. The Morgan fingerprint density at radius 3 is 2.42 bits per heavy atom. The van der Waals surface area contributed by atoms with Gasteiger partial charge in [-0.25, -0.2) is 4.79 Å². The number of rotatable bonds is 8. The molecule has 0 bridgehead atoms. The van der Waals surface area contributed by atoms with Crippen molar-refractivity contribution in [3.8, 4) is 0 Å². The zero-order valence-corrected chi connectivity index (χ0v) is 13.8. The van der Waals surface area contributed by atoms with Crippen molar-refractivity contribution in [2.45, 2.75) is 63.1 Å². The molecule has 24 heavy (non-hydrogen) atoms. The van der Waals surface area contributed by atoms with Gasteiger partial charge in [0, 0.05) is 5.57 Å². The van der Waals surface area contributed by atoms with Crippen LogP contribution in [0.25, 0.3) is 0 Å². The lowest BCUT2D eigenvalue weighted by Gasteiger charge is -2.31. The van der Waals surface area contributed by atoms with Gasteiger partial charge >= 0.3 is 5.97 Å². The molecule has 0 unspecified atom stereocenters. The van der Waals surface area contributed by atoms with Crippen LogP contribution >= 0.6 is 0 Å². The van der Waals surface area contributed by atoms with Gasteiger partial charge < -0.3 is 35.1 Å². The second-order valence-electron chi connectivity index (χ2n) is 6.63. The van der Waals surface area contributed by atoms with Gasteiger partial charge in [0.15, 0.2) is 6.29 Å². The van der Waals surface area contributed by atoms with Gasteiger partial charge in [-0.3, -0.25) is 0 Å². The molecule has 0 fully saturated rings. The maximum absolute atomic E-state index is 11.9. The van der Waals surface area contributed by atoms with Gasteiger partial charge in [0.2, 0.25) is 0 Å². The molecule has 0 aliphatic heterocycles. The standard InChI is InChI=1S/C16H26O8/c1-16(2,23)10-5-3-9(4-6-10)15(22)24-8-12(19)14(21)13(20)11(18)7-17/h3,7,10-14,18-21,23H,4-6,8H2,1-2H3/t10-,11-,12+,13+,14+/m0/s1. The molecule has 1 aliphatic rings. The highest BCUT2D eigenvalue weighted by molar-refractivity contribution is 5.88. The number of aldehydes is 1. The summed E-state index contributed by atoms with van der Waals surface area (Å²) >= 11 is 0. The highest BCUT2D eigenvalue weighted by Gasteiger charge is 2.32. The van der Waals surface area contributed by atoms with Crippen molar-refractivity contribution in [3.05, 3.63) is 11.6 Å². The van der Waals surface area contributed by atoms with Crippen LogP contribution in [-0.4, -0.2) is 74.4 Å². The summed E-state index contributed by atoms with van der Waals surface area (Å²) in [6.45, 7) is 2.84. The SMILES string of the molecule is CC(C)(O)[C@H]1CC=C(C(=O)OC[C@@H](O)[C@@H](O)[C@H](O)[C@@H](O)C=O)CC1. The minimum absolute atomic E-state index is 0.0263. The van der Waals surface area contributed by atoms with Crippen LogP contribution in [0.15, 0.2) is 11.6 Å². The Morgan fingerprint density at radius 2 is 1.96 bits per heavy atom. The molecule has 0 amide bonds. The molecule has 0 saturated heterocycles. The van der Waals surface area contributed by atoms with E-state index in [2.05, 4.69) is 0 Å². The zero-order valence-electron chi connectivity index (χ0n) is 13.8. The smallest absolute Gasteiger partial charge is 0.333 e. The van der Waals surface area contributed by atoms with Crippen LogP contribution < -0.4 is 0 Å². The summed E-state index contributed by atoms with van der Waals surface area (Å²) in [6.07, 6.45) is -3.91. The summed E-state index contributed by atoms with van der Waals surface area (Å²) in [7, 11) is 0. The van der Waals surface area contributed by atoms with Crippen LogP contribution in [0.5, 0.6) is 0 Å². The number of allylic oxidation sites excluding steroid dienone is 1. The summed E-state index contributed by atoms with van der Waals surface area (Å²) < 4.78 is 4.89. The molecule has 138 valence electrons. The molecule has 1 aliphatic carbocycles. The minimum atomic E-state index is -1.88. The predicted molar refractivity (Wildman–Crippen MR) is 82.8 cm³/mol. The number of hydrogen-bond donors (Lipinski definition) is 5. The predicted octanol–water partition coefficient (Wildman–Crippen LogP) is -1.33. The first-order valence-corrected chi connectivity index (χ1v) is 7.84. The Hall–Kier alpha value is -1.32. The van der Waals surface area contributed by atoms with Crippen molar-refractivity contribution >= 4 is 12.3 Å². The molecule has 8 heteroatoms. The highest BCUT2D eigenvalue weighted by atomic mass is 16.5. The number of carbonyl (C=O) groups excluding carboxylic acids is 2. The fraction of sp³-hybridized carbons (Fsp3) is 0.750. The van der Waals surface area contributed by atoms with E-state index >= 15 is 0 Å². The van der Waals surface area contributed by atoms with Gasteiger partial charge in [-0.15, -0.1) is 0 Å². The lowest BCUT2D eigenvalue weighted by Crippen LogP contribution is -2.47. The van der Waals surface area contributed by atoms with Crippen molar-refractivity contribution in [3.63, 3.8) is 0 Å². The van der Waals surface area contributed by atoms with Gasteiger partial charge in [-0.1, -0.05) is 6.08 Å². The summed E-state index contributed by atoms with van der Waals surface area (Å²) in [5.41, 5.74) is -0.410. The van der Waals surface area contributed by atoms with Crippen LogP contribution in [0.3, 0.4) is 0 Å². The first kappa shape index (κ1) is 20.7.